The van der Waals surface area contributed by atoms with Crippen LogP contribution in [0.3, 0.4) is 0 Å². The maximum absolute atomic E-state index is 13.3. The molecule has 0 heterocycles. The van der Waals surface area contributed by atoms with Gasteiger partial charge in [0.1, 0.15) is 12.0 Å². The Bertz CT molecular complexity index is 375. The molecular formula is C10H10FNO3. The molecular weight excluding hydrogens is 201 g/mol. The molecule has 0 saturated heterocycles. The number of carbonyl (C=O) groups is 1. The average Bonchev–Trinajstić information content (AvgIpc) is 2.17. The molecule has 5 heteroatoms. The number of carbonyl (C=O) groups excluding carboxylic acids is 1. The van der Waals surface area contributed by atoms with Crippen LogP contribution in [0.4, 0.5) is 10.1 Å². The van der Waals surface area contributed by atoms with Gasteiger partial charge in [0, 0.05) is 18.6 Å². The zero-order valence-corrected chi connectivity index (χ0v) is 8.14. The van der Waals surface area contributed by atoms with E-state index in [4.69, 9.17) is 0 Å². The summed E-state index contributed by atoms with van der Waals surface area (Å²) >= 11 is 0. The quantitative estimate of drug-likeness (QED) is 0.568. The first-order chi connectivity index (χ1) is 7.00. The molecule has 0 fully saturated rings. The number of benzene rings is 1. The zero-order valence-electron chi connectivity index (χ0n) is 8.14. The number of rotatable bonds is 4. The van der Waals surface area contributed by atoms with Gasteiger partial charge in [-0.3, -0.25) is 14.9 Å². The third-order valence-electron chi connectivity index (χ3n) is 1.93. The molecule has 1 aromatic rings. The number of hydrogen-bond donors (Lipinski definition) is 0. The van der Waals surface area contributed by atoms with E-state index in [-0.39, 0.29) is 23.5 Å². The van der Waals surface area contributed by atoms with E-state index in [0.717, 1.165) is 0 Å². The zero-order chi connectivity index (χ0) is 11.4. The second kappa shape index (κ2) is 4.63. The summed E-state index contributed by atoms with van der Waals surface area (Å²) in [7, 11) is 0. The summed E-state index contributed by atoms with van der Waals surface area (Å²) in [6.45, 7) is 1.30. The monoisotopic (exact) mass is 211 g/mol. The first-order valence-electron chi connectivity index (χ1n) is 4.38. The highest BCUT2D eigenvalue weighted by Crippen LogP contribution is 2.23. The van der Waals surface area contributed by atoms with Crippen LogP contribution in [0.1, 0.15) is 25.1 Å². The molecule has 0 aliphatic carbocycles. The van der Waals surface area contributed by atoms with Gasteiger partial charge < -0.3 is 0 Å². The minimum atomic E-state index is -1.39. The Balaban J connectivity index is 2.79. The van der Waals surface area contributed by atoms with E-state index in [2.05, 4.69) is 0 Å². The minimum Gasteiger partial charge on any atom is -0.300 e. The molecule has 0 unspecified atom stereocenters. The lowest BCUT2D eigenvalue weighted by Crippen LogP contribution is -1.99. The second-order valence-electron chi connectivity index (χ2n) is 3.22. The van der Waals surface area contributed by atoms with Crippen LogP contribution in [0, 0.1) is 10.1 Å². The molecule has 0 saturated carbocycles. The standard InChI is InChI=1S/C10H10FNO3/c1-7(13)6-10(11)8-2-4-9(5-3-8)12(14)15/h2-5,10H,6H2,1H3/t10-/m1/s1. The summed E-state index contributed by atoms with van der Waals surface area (Å²) in [6.07, 6.45) is -1.58. The molecule has 0 spiro atoms. The van der Waals surface area contributed by atoms with Crippen molar-refractivity contribution in [1.82, 2.24) is 0 Å². The lowest BCUT2D eigenvalue weighted by atomic mass is 10.1. The van der Waals surface area contributed by atoms with Crippen molar-refractivity contribution in [3.8, 4) is 0 Å². The smallest absolute Gasteiger partial charge is 0.269 e. The molecule has 0 amide bonds. The van der Waals surface area contributed by atoms with E-state index in [0.29, 0.717) is 0 Å². The topological polar surface area (TPSA) is 60.2 Å². The van der Waals surface area contributed by atoms with Crippen molar-refractivity contribution >= 4 is 11.5 Å². The van der Waals surface area contributed by atoms with Crippen LogP contribution in [-0.2, 0) is 4.79 Å². The molecule has 1 aromatic carbocycles. The first kappa shape index (κ1) is 11.3. The minimum absolute atomic E-state index is 0.0891. The van der Waals surface area contributed by atoms with Gasteiger partial charge >= 0.3 is 0 Å². The first-order valence-corrected chi connectivity index (χ1v) is 4.38. The van der Waals surface area contributed by atoms with Crippen molar-refractivity contribution in [3.05, 3.63) is 39.9 Å². The van der Waals surface area contributed by atoms with E-state index in [1.54, 1.807) is 0 Å². The van der Waals surface area contributed by atoms with Gasteiger partial charge in [-0.05, 0) is 24.6 Å². The maximum Gasteiger partial charge on any atom is 0.269 e. The number of Topliss-reactive ketones (excluding diaryl/α,β-unsaturated/α-hetero) is 1. The molecule has 0 bridgehead atoms. The summed E-state index contributed by atoms with van der Waals surface area (Å²) in [5.74, 6) is -0.249. The van der Waals surface area contributed by atoms with Gasteiger partial charge in [0.05, 0.1) is 4.92 Å². The van der Waals surface area contributed by atoms with Crippen molar-refractivity contribution in [2.45, 2.75) is 19.5 Å². The van der Waals surface area contributed by atoms with Gasteiger partial charge in [-0.25, -0.2) is 4.39 Å². The number of non-ortho nitro benzene ring substituents is 1. The van der Waals surface area contributed by atoms with Gasteiger partial charge in [0.15, 0.2) is 0 Å². The number of hydrogen-bond acceptors (Lipinski definition) is 3. The highest BCUT2D eigenvalue weighted by Gasteiger charge is 2.13. The Hall–Kier alpha value is -1.78. The number of alkyl halides is 1. The highest BCUT2D eigenvalue weighted by atomic mass is 19.1. The van der Waals surface area contributed by atoms with Gasteiger partial charge in [-0.2, -0.15) is 0 Å². The summed E-state index contributed by atoms with van der Waals surface area (Å²) in [5, 5.41) is 10.3. The molecule has 0 aliphatic heterocycles. The van der Waals surface area contributed by atoms with Crippen molar-refractivity contribution in [2.24, 2.45) is 0 Å². The van der Waals surface area contributed by atoms with Crippen molar-refractivity contribution in [1.29, 1.82) is 0 Å². The van der Waals surface area contributed by atoms with E-state index in [1.165, 1.54) is 31.2 Å². The average molecular weight is 211 g/mol. The van der Waals surface area contributed by atoms with Crippen LogP contribution in [0.25, 0.3) is 0 Å². The van der Waals surface area contributed by atoms with Gasteiger partial charge in [0.2, 0.25) is 0 Å². The molecule has 0 N–H and O–H groups in total. The number of halogens is 1. The third kappa shape index (κ3) is 3.12. The Morgan fingerprint density at radius 2 is 2.00 bits per heavy atom. The molecule has 80 valence electrons. The molecule has 0 aromatic heterocycles. The number of nitrogens with zero attached hydrogens (tertiary/aromatic N) is 1. The maximum atomic E-state index is 13.3. The SMILES string of the molecule is CC(=O)C[C@@H](F)c1ccc([N+](=O)[O-])cc1. The van der Waals surface area contributed by atoms with Crippen molar-refractivity contribution < 1.29 is 14.1 Å². The van der Waals surface area contributed by atoms with Crippen LogP contribution in [-0.4, -0.2) is 10.7 Å². The van der Waals surface area contributed by atoms with Crippen LogP contribution in [0.15, 0.2) is 24.3 Å². The largest absolute Gasteiger partial charge is 0.300 e. The van der Waals surface area contributed by atoms with Gasteiger partial charge in [-0.15, -0.1) is 0 Å². The molecule has 0 aliphatic rings. The number of nitro groups is 1. The Labute approximate surface area is 85.9 Å². The molecule has 4 nitrogen and oxygen atoms in total. The second-order valence-corrected chi connectivity index (χ2v) is 3.22. The van der Waals surface area contributed by atoms with Gasteiger partial charge in [-0.1, -0.05) is 0 Å². The Morgan fingerprint density at radius 1 is 1.47 bits per heavy atom. The predicted molar refractivity (Wildman–Crippen MR) is 52.2 cm³/mol. The van der Waals surface area contributed by atoms with Crippen LogP contribution in [0.2, 0.25) is 0 Å². The van der Waals surface area contributed by atoms with Gasteiger partial charge in [0.25, 0.3) is 5.69 Å². The van der Waals surface area contributed by atoms with E-state index >= 15 is 0 Å². The summed E-state index contributed by atoms with van der Waals surface area (Å²) in [4.78, 5) is 20.4. The number of ketones is 1. The number of nitro benzene ring substituents is 1. The predicted octanol–water partition coefficient (Wildman–Crippen LogP) is 2.58. The lowest BCUT2D eigenvalue weighted by molar-refractivity contribution is -0.384. The highest BCUT2D eigenvalue weighted by molar-refractivity contribution is 5.76. The summed E-state index contributed by atoms with van der Waals surface area (Å²) in [5.41, 5.74) is 0.199. The van der Waals surface area contributed by atoms with E-state index in [9.17, 15) is 19.3 Å². The molecule has 0 radical (unpaired) electrons. The fraction of sp³-hybridized carbons (Fsp3) is 0.300. The summed E-state index contributed by atoms with van der Waals surface area (Å²) < 4.78 is 13.3. The van der Waals surface area contributed by atoms with Crippen molar-refractivity contribution in [2.75, 3.05) is 0 Å². The molecule has 1 rings (SSSR count). The fourth-order valence-corrected chi connectivity index (χ4v) is 1.18. The van der Waals surface area contributed by atoms with Crippen LogP contribution in [0.5, 0.6) is 0 Å². The van der Waals surface area contributed by atoms with E-state index < -0.39 is 11.1 Å². The van der Waals surface area contributed by atoms with Crippen molar-refractivity contribution in [3.63, 3.8) is 0 Å². The van der Waals surface area contributed by atoms with E-state index in [1.807, 2.05) is 0 Å². The summed E-state index contributed by atoms with van der Waals surface area (Å²) in [6, 6.07) is 5.10. The normalized spacial score (nSPS) is 12.1. The molecule has 15 heavy (non-hydrogen) atoms. The Morgan fingerprint density at radius 3 is 2.40 bits per heavy atom. The van der Waals surface area contributed by atoms with Crippen LogP contribution >= 0.6 is 0 Å². The Kier molecular flexibility index (Phi) is 3.49. The molecule has 1 atom stereocenters. The van der Waals surface area contributed by atoms with Crippen LogP contribution < -0.4 is 0 Å². The lowest BCUT2D eigenvalue weighted by Gasteiger charge is -2.05. The third-order valence-corrected chi connectivity index (χ3v) is 1.93. The fourth-order valence-electron chi connectivity index (χ4n) is 1.18.